The van der Waals surface area contributed by atoms with Gasteiger partial charge in [-0.3, -0.25) is 9.00 Å². The van der Waals surface area contributed by atoms with Crippen LogP contribution in [0.1, 0.15) is 11.1 Å². The van der Waals surface area contributed by atoms with Gasteiger partial charge in [-0.15, -0.1) is 0 Å². The van der Waals surface area contributed by atoms with Crippen LogP contribution in [0.2, 0.25) is 5.02 Å². The minimum atomic E-state index is -1.22. The van der Waals surface area contributed by atoms with Gasteiger partial charge in [0.25, 0.3) is 0 Å². The van der Waals surface area contributed by atoms with Crippen LogP contribution in [0.5, 0.6) is 0 Å². The summed E-state index contributed by atoms with van der Waals surface area (Å²) in [6.07, 6.45) is -0.0615. The molecule has 0 aliphatic rings. The molecule has 0 bridgehead atoms. The van der Waals surface area contributed by atoms with Crippen LogP contribution < -0.4 is 0 Å². The quantitative estimate of drug-likeness (QED) is 0.922. The summed E-state index contributed by atoms with van der Waals surface area (Å²) in [6.45, 7) is 0. The number of carbonyl (C=O) groups is 1. The average Bonchev–Trinajstić information content (AvgIpc) is 2.41. The fraction of sp³-hybridized carbons (Fsp3) is 0.133. The maximum atomic E-state index is 12.3. The zero-order valence-corrected chi connectivity index (χ0v) is 12.2. The fourth-order valence-corrected chi connectivity index (χ4v) is 3.14. The minimum absolute atomic E-state index is 0.0615. The standard InChI is InChI=1S/C15H13ClO3S/c16-13-5-7-14(8-6-13)20(19)10-12-4-2-1-3-11(12)9-15(17)18/h1-8H,9-10H2,(H,17,18). The Morgan fingerprint density at radius 1 is 1.05 bits per heavy atom. The van der Waals surface area contributed by atoms with E-state index < -0.39 is 16.8 Å². The van der Waals surface area contributed by atoms with Gasteiger partial charge in [-0.25, -0.2) is 0 Å². The van der Waals surface area contributed by atoms with Gasteiger partial charge in [0.1, 0.15) is 0 Å². The summed E-state index contributed by atoms with van der Waals surface area (Å²) in [5, 5.41) is 9.48. The molecule has 0 fully saturated rings. The molecule has 2 aromatic carbocycles. The Morgan fingerprint density at radius 2 is 1.65 bits per heavy atom. The Bertz CT molecular complexity index is 638. The van der Waals surface area contributed by atoms with E-state index in [4.69, 9.17) is 16.7 Å². The Kier molecular flexibility index (Phi) is 4.93. The molecule has 0 saturated carbocycles. The number of carboxylic acids is 1. The van der Waals surface area contributed by atoms with Crippen molar-refractivity contribution in [2.45, 2.75) is 17.1 Å². The van der Waals surface area contributed by atoms with E-state index in [0.717, 1.165) is 5.56 Å². The summed E-state index contributed by atoms with van der Waals surface area (Å²) in [4.78, 5) is 11.5. The first-order valence-corrected chi connectivity index (χ1v) is 7.68. The van der Waals surface area contributed by atoms with E-state index in [1.807, 2.05) is 12.1 Å². The molecule has 3 nitrogen and oxygen atoms in total. The lowest BCUT2D eigenvalue weighted by Crippen LogP contribution is -2.05. The van der Waals surface area contributed by atoms with Gasteiger partial charge in [-0.2, -0.15) is 0 Å². The molecule has 0 aromatic heterocycles. The van der Waals surface area contributed by atoms with Crippen LogP contribution >= 0.6 is 11.6 Å². The third-order valence-electron chi connectivity index (χ3n) is 2.82. The molecule has 0 amide bonds. The predicted molar refractivity (Wildman–Crippen MR) is 79.3 cm³/mol. The van der Waals surface area contributed by atoms with Crippen molar-refractivity contribution >= 4 is 28.4 Å². The maximum Gasteiger partial charge on any atom is 0.307 e. The molecule has 1 N–H and O–H groups in total. The first-order chi connectivity index (χ1) is 9.56. The molecule has 0 aliphatic heterocycles. The predicted octanol–water partition coefficient (Wildman–Crippen LogP) is 3.27. The lowest BCUT2D eigenvalue weighted by atomic mass is 10.1. The maximum absolute atomic E-state index is 12.3. The van der Waals surface area contributed by atoms with Gasteiger partial charge >= 0.3 is 5.97 Å². The first-order valence-electron chi connectivity index (χ1n) is 5.99. The van der Waals surface area contributed by atoms with Gasteiger partial charge in [0.2, 0.25) is 0 Å². The van der Waals surface area contributed by atoms with E-state index >= 15 is 0 Å². The van der Waals surface area contributed by atoms with Crippen LogP contribution in [0.25, 0.3) is 0 Å². The topological polar surface area (TPSA) is 54.4 Å². The van der Waals surface area contributed by atoms with Gasteiger partial charge in [0, 0.05) is 9.92 Å². The molecule has 1 unspecified atom stereocenters. The fourth-order valence-electron chi connectivity index (χ4n) is 1.84. The molecule has 104 valence electrons. The van der Waals surface area contributed by atoms with Crippen LogP contribution in [0.3, 0.4) is 0 Å². The Morgan fingerprint density at radius 3 is 2.25 bits per heavy atom. The van der Waals surface area contributed by atoms with Gasteiger partial charge < -0.3 is 5.11 Å². The van der Waals surface area contributed by atoms with Crippen molar-refractivity contribution < 1.29 is 14.1 Å². The number of rotatable bonds is 5. The van der Waals surface area contributed by atoms with E-state index in [-0.39, 0.29) is 6.42 Å². The molecule has 0 radical (unpaired) electrons. The van der Waals surface area contributed by atoms with Crippen LogP contribution in [-0.4, -0.2) is 15.3 Å². The van der Waals surface area contributed by atoms with Crippen molar-refractivity contribution in [1.82, 2.24) is 0 Å². The summed E-state index contributed by atoms with van der Waals surface area (Å²) >= 11 is 5.79. The summed E-state index contributed by atoms with van der Waals surface area (Å²) in [5.74, 6) is -0.597. The monoisotopic (exact) mass is 308 g/mol. The van der Waals surface area contributed by atoms with Crippen LogP contribution in [0, 0.1) is 0 Å². The summed E-state index contributed by atoms with van der Waals surface area (Å²) in [6, 6.07) is 14.0. The first kappa shape index (κ1) is 14.8. The smallest absolute Gasteiger partial charge is 0.307 e. The summed E-state index contributed by atoms with van der Waals surface area (Å²) in [5.41, 5.74) is 1.49. The number of hydrogen-bond donors (Lipinski definition) is 1. The second-order valence-corrected chi connectivity index (χ2v) is 6.17. The molecule has 0 aliphatic carbocycles. The van der Waals surface area contributed by atoms with Gasteiger partial charge in [0.15, 0.2) is 0 Å². The van der Waals surface area contributed by atoms with Crippen LogP contribution in [-0.2, 0) is 27.8 Å². The molecule has 2 aromatic rings. The molecule has 2 rings (SSSR count). The molecule has 0 saturated heterocycles. The average molecular weight is 309 g/mol. The molecular weight excluding hydrogens is 296 g/mol. The Hall–Kier alpha value is -1.65. The summed E-state index contributed by atoms with van der Waals surface area (Å²) < 4.78 is 12.3. The zero-order valence-electron chi connectivity index (χ0n) is 10.6. The lowest BCUT2D eigenvalue weighted by Gasteiger charge is -2.08. The van der Waals surface area contributed by atoms with Crippen LogP contribution in [0.15, 0.2) is 53.4 Å². The van der Waals surface area contributed by atoms with E-state index in [1.54, 1.807) is 36.4 Å². The van der Waals surface area contributed by atoms with Crippen molar-refractivity contribution in [3.63, 3.8) is 0 Å². The number of hydrogen-bond acceptors (Lipinski definition) is 2. The third kappa shape index (κ3) is 3.92. The van der Waals surface area contributed by atoms with Crippen molar-refractivity contribution in [1.29, 1.82) is 0 Å². The second kappa shape index (κ2) is 6.68. The van der Waals surface area contributed by atoms with Crippen molar-refractivity contribution in [3.8, 4) is 0 Å². The highest BCUT2D eigenvalue weighted by Crippen LogP contribution is 2.18. The highest BCUT2D eigenvalue weighted by molar-refractivity contribution is 7.84. The summed E-state index contributed by atoms with van der Waals surface area (Å²) in [7, 11) is -1.22. The normalized spacial score (nSPS) is 12.1. The van der Waals surface area contributed by atoms with E-state index in [1.165, 1.54) is 0 Å². The Balaban J connectivity index is 2.19. The molecule has 1 atom stereocenters. The highest BCUT2D eigenvalue weighted by Gasteiger charge is 2.10. The molecular formula is C15H13ClO3S. The highest BCUT2D eigenvalue weighted by atomic mass is 35.5. The number of halogens is 1. The molecule has 0 heterocycles. The number of benzene rings is 2. The van der Waals surface area contributed by atoms with Crippen molar-refractivity contribution in [2.24, 2.45) is 0 Å². The Labute approximate surface area is 124 Å². The molecule has 20 heavy (non-hydrogen) atoms. The van der Waals surface area contributed by atoms with Gasteiger partial charge in [0.05, 0.1) is 23.0 Å². The SMILES string of the molecule is O=C(O)Cc1ccccc1CS(=O)c1ccc(Cl)cc1. The lowest BCUT2D eigenvalue weighted by molar-refractivity contribution is -0.136. The largest absolute Gasteiger partial charge is 0.481 e. The second-order valence-electron chi connectivity index (χ2n) is 4.28. The van der Waals surface area contributed by atoms with Crippen molar-refractivity contribution in [3.05, 3.63) is 64.7 Å². The van der Waals surface area contributed by atoms with E-state index in [0.29, 0.717) is 21.2 Å². The zero-order chi connectivity index (χ0) is 14.5. The van der Waals surface area contributed by atoms with Gasteiger partial charge in [-0.05, 0) is 35.4 Å². The number of aliphatic carboxylic acids is 1. The molecule has 0 spiro atoms. The minimum Gasteiger partial charge on any atom is -0.481 e. The van der Waals surface area contributed by atoms with Gasteiger partial charge in [-0.1, -0.05) is 35.9 Å². The third-order valence-corrected chi connectivity index (χ3v) is 4.45. The van der Waals surface area contributed by atoms with Crippen LogP contribution in [0.4, 0.5) is 0 Å². The van der Waals surface area contributed by atoms with E-state index in [9.17, 15) is 9.00 Å². The van der Waals surface area contributed by atoms with E-state index in [2.05, 4.69) is 0 Å². The van der Waals surface area contributed by atoms with Crippen molar-refractivity contribution in [2.75, 3.05) is 0 Å². The molecule has 5 heteroatoms. The number of carboxylic acid groups (broad SMARTS) is 1.